The second-order valence-corrected chi connectivity index (χ2v) is 6.90. The number of hydrogen-bond acceptors (Lipinski definition) is 3. The minimum absolute atomic E-state index is 0.00310. The molecule has 3 N–H and O–H groups in total. The molecule has 0 saturated heterocycles. The molecule has 5 nitrogen and oxygen atoms in total. The summed E-state index contributed by atoms with van der Waals surface area (Å²) in [5, 5.41) is 15.3. The van der Waals surface area contributed by atoms with Crippen LogP contribution < -0.4 is 10.6 Å². The number of amides is 2. The fourth-order valence-electron chi connectivity index (χ4n) is 2.54. The van der Waals surface area contributed by atoms with E-state index in [2.05, 4.69) is 16.9 Å². The van der Waals surface area contributed by atoms with Gasteiger partial charge in [0.2, 0.25) is 0 Å². The van der Waals surface area contributed by atoms with Crippen LogP contribution in [0, 0.1) is 11.8 Å². The molecule has 0 heterocycles. The average molecular weight is 302 g/mol. The molecule has 0 aromatic heterocycles. The summed E-state index contributed by atoms with van der Waals surface area (Å²) in [7, 11) is 0. The summed E-state index contributed by atoms with van der Waals surface area (Å²) in [6.45, 7) is 3.88. The normalized spacial score (nSPS) is 24.2. The van der Waals surface area contributed by atoms with E-state index in [1.165, 1.54) is 6.42 Å². The van der Waals surface area contributed by atoms with Gasteiger partial charge in [-0.2, -0.15) is 11.8 Å². The molecule has 2 amide bonds. The van der Waals surface area contributed by atoms with Crippen molar-refractivity contribution in [2.75, 3.05) is 12.8 Å². The quantitative estimate of drug-likeness (QED) is 0.703. The predicted octanol–water partition coefficient (Wildman–Crippen LogP) is 2.32. The van der Waals surface area contributed by atoms with E-state index in [-0.39, 0.29) is 24.5 Å². The van der Waals surface area contributed by atoms with Gasteiger partial charge in [0.15, 0.2) is 0 Å². The Morgan fingerprint density at radius 3 is 2.60 bits per heavy atom. The minimum atomic E-state index is -0.861. The van der Waals surface area contributed by atoms with Crippen molar-refractivity contribution in [2.24, 2.45) is 11.8 Å². The molecule has 3 atom stereocenters. The highest BCUT2D eigenvalue weighted by molar-refractivity contribution is 7.99. The first-order valence-corrected chi connectivity index (χ1v) is 8.52. The monoisotopic (exact) mass is 302 g/mol. The molecule has 0 bridgehead atoms. The van der Waals surface area contributed by atoms with Crippen LogP contribution in [-0.4, -0.2) is 41.2 Å². The maximum absolute atomic E-state index is 11.8. The van der Waals surface area contributed by atoms with Gasteiger partial charge in [0.1, 0.15) is 0 Å². The van der Waals surface area contributed by atoms with Crippen LogP contribution in [0.3, 0.4) is 0 Å². The van der Waals surface area contributed by atoms with E-state index in [0.29, 0.717) is 5.25 Å². The summed E-state index contributed by atoms with van der Waals surface area (Å²) in [4.78, 5) is 22.9. The molecule has 1 saturated carbocycles. The first kappa shape index (κ1) is 17.1. The van der Waals surface area contributed by atoms with Crippen molar-refractivity contribution in [3.8, 4) is 0 Å². The lowest BCUT2D eigenvalue weighted by Crippen LogP contribution is -2.46. The van der Waals surface area contributed by atoms with Crippen LogP contribution in [0.4, 0.5) is 4.79 Å². The lowest BCUT2D eigenvalue weighted by Gasteiger charge is -2.29. The Hall–Kier alpha value is -0.910. The molecule has 1 rings (SSSR count). The Labute approximate surface area is 125 Å². The average Bonchev–Trinajstić information content (AvgIpc) is 2.38. The van der Waals surface area contributed by atoms with Gasteiger partial charge >= 0.3 is 12.0 Å². The number of carbonyl (C=O) groups is 2. The second-order valence-electron chi connectivity index (χ2n) is 5.76. The Morgan fingerprint density at radius 2 is 2.05 bits per heavy atom. The van der Waals surface area contributed by atoms with Crippen LogP contribution in [0.15, 0.2) is 0 Å². The molecule has 0 aromatic rings. The highest BCUT2D eigenvalue weighted by atomic mass is 32.2. The van der Waals surface area contributed by atoms with Crippen molar-refractivity contribution < 1.29 is 14.7 Å². The highest BCUT2D eigenvalue weighted by Gasteiger charge is 2.24. The summed E-state index contributed by atoms with van der Waals surface area (Å²) in [5.41, 5.74) is 0. The van der Waals surface area contributed by atoms with Gasteiger partial charge in [-0.05, 0) is 31.4 Å². The van der Waals surface area contributed by atoms with Crippen LogP contribution in [-0.2, 0) is 4.79 Å². The molecule has 1 fully saturated rings. The predicted molar refractivity (Wildman–Crippen MR) is 82.1 cm³/mol. The molecule has 0 aromatic carbocycles. The fourth-order valence-corrected chi connectivity index (χ4v) is 3.36. The van der Waals surface area contributed by atoms with Crippen LogP contribution in [0.1, 0.15) is 39.5 Å². The van der Waals surface area contributed by atoms with Crippen LogP contribution in [0.2, 0.25) is 0 Å². The van der Waals surface area contributed by atoms with Gasteiger partial charge in [-0.15, -0.1) is 0 Å². The largest absolute Gasteiger partial charge is 0.481 e. The van der Waals surface area contributed by atoms with Gasteiger partial charge in [-0.1, -0.05) is 20.3 Å². The van der Waals surface area contributed by atoms with E-state index in [9.17, 15) is 9.59 Å². The van der Waals surface area contributed by atoms with Gasteiger partial charge in [-0.25, -0.2) is 4.79 Å². The van der Waals surface area contributed by atoms with Gasteiger partial charge in [0.05, 0.1) is 5.92 Å². The summed E-state index contributed by atoms with van der Waals surface area (Å²) in [6.07, 6.45) is 6.47. The zero-order valence-electron chi connectivity index (χ0n) is 12.5. The molecule has 0 aliphatic heterocycles. The smallest absolute Gasteiger partial charge is 0.315 e. The number of urea groups is 1. The van der Waals surface area contributed by atoms with E-state index in [1.807, 2.05) is 25.6 Å². The van der Waals surface area contributed by atoms with Crippen LogP contribution in [0.5, 0.6) is 0 Å². The molecular weight excluding hydrogens is 276 g/mol. The molecule has 0 radical (unpaired) electrons. The first-order chi connectivity index (χ1) is 9.43. The van der Waals surface area contributed by atoms with E-state index >= 15 is 0 Å². The summed E-state index contributed by atoms with van der Waals surface area (Å²) >= 11 is 1.85. The fraction of sp³-hybridized carbons (Fsp3) is 0.857. The van der Waals surface area contributed by atoms with Gasteiger partial charge in [0.25, 0.3) is 0 Å². The van der Waals surface area contributed by atoms with Crippen LogP contribution >= 0.6 is 11.8 Å². The van der Waals surface area contributed by atoms with Crippen molar-refractivity contribution in [1.29, 1.82) is 0 Å². The number of carboxylic acid groups (broad SMARTS) is 1. The zero-order valence-corrected chi connectivity index (χ0v) is 13.3. The molecule has 1 aliphatic rings. The number of thioether (sulfide) groups is 1. The zero-order chi connectivity index (χ0) is 15.1. The molecule has 3 unspecified atom stereocenters. The lowest BCUT2D eigenvalue weighted by molar-refractivity contribution is -0.142. The Kier molecular flexibility index (Phi) is 7.19. The highest BCUT2D eigenvalue weighted by Crippen LogP contribution is 2.26. The summed E-state index contributed by atoms with van der Waals surface area (Å²) in [6, 6.07) is -0.0350. The maximum Gasteiger partial charge on any atom is 0.315 e. The minimum Gasteiger partial charge on any atom is -0.481 e. The van der Waals surface area contributed by atoms with E-state index in [0.717, 1.165) is 19.3 Å². The Balaban J connectivity index is 2.34. The van der Waals surface area contributed by atoms with Crippen molar-refractivity contribution in [3.63, 3.8) is 0 Å². The van der Waals surface area contributed by atoms with Crippen molar-refractivity contribution in [3.05, 3.63) is 0 Å². The molecule has 1 aliphatic carbocycles. The molecule has 6 heteroatoms. The van der Waals surface area contributed by atoms with E-state index in [4.69, 9.17) is 5.11 Å². The molecule has 116 valence electrons. The molecular formula is C14H26N2O3S. The third-order valence-corrected chi connectivity index (χ3v) is 4.99. The number of aliphatic carboxylic acids is 1. The lowest BCUT2D eigenvalue weighted by atomic mass is 9.95. The summed E-state index contributed by atoms with van der Waals surface area (Å²) in [5.74, 6) is -1.39. The third kappa shape index (κ3) is 5.61. The standard InChI is InChI=1S/C14H26N2O3S/c1-9(2)12(13(17)18)8-15-14(19)16-10-5-4-6-11(7-10)20-3/h9-12H,4-8H2,1-3H3,(H,17,18)(H2,15,16,19). The summed E-state index contributed by atoms with van der Waals surface area (Å²) < 4.78 is 0. The van der Waals surface area contributed by atoms with E-state index in [1.54, 1.807) is 0 Å². The SMILES string of the molecule is CSC1CCCC(NC(=O)NCC(C(=O)O)C(C)C)C1. The topological polar surface area (TPSA) is 78.4 Å². The number of nitrogens with one attached hydrogen (secondary N) is 2. The number of rotatable bonds is 6. The Bertz CT molecular complexity index is 336. The van der Waals surface area contributed by atoms with Gasteiger partial charge in [0, 0.05) is 17.8 Å². The molecule has 0 spiro atoms. The maximum atomic E-state index is 11.8. The van der Waals surface area contributed by atoms with E-state index < -0.39 is 11.9 Å². The third-order valence-electron chi connectivity index (χ3n) is 3.90. The second kappa shape index (κ2) is 8.39. The first-order valence-electron chi connectivity index (χ1n) is 7.24. The Morgan fingerprint density at radius 1 is 1.35 bits per heavy atom. The van der Waals surface area contributed by atoms with Crippen molar-refractivity contribution >= 4 is 23.8 Å². The van der Waals surface area contributed by atoms with Crippen molar-refractivity contribution in [1.82, 2.24) is 10.6 Å². The van der Waals surface area contributed by atoms with Crippen molar-refractivity contribution in [2.45, 2.75) is 50.8 Å². The van der Waals surface area contributed by atoms with Gasteiger partial charge < -0.3 is 15.7 Å². The number of hydrogen-bond donors (Lipinski definition) is 3. The van der Waals surface area contributed by atoms with Gasteiger partial charge in [-0.3, -0.25) is 4.79 Å². The van der Waals surface area contributed by atoms with Crippen LogP contribution in [0.25, 0.3) is 0 Å². The number of carboxylic acids is 1. The number of carbonyl (C=O) groups excluding carboxylic acids is 1. The molecule has 20 heavy (non-hydrogen) atoms.